The molecular formula is C8H11BrOS. The van der Waals surface area contributed by atoms with Crippen LogP contribution in [0.4, 0.5) is 0 Å². The lowest BCUT2D eigenvalue weighted by molar-refractivity contribution is 0.127. The maximum atomic E-state index is 9.60. The second-order valence-electron chi connectivity index (χ2n) is 2.87. The fourth-order valence-corrected chi connectivity index (χ4v) is 2.07. The maximum Gasteiger partial charge on any atom is 0.0821 e. The van der Waals surface area contributed by atoms with Crippen LogP contribution in [0.1, 0.15) is 25.5 Å². The molecular weight excluding hydrogens is 224 g/mol. The van der Waals surface area contributed by atoms with Crippen molar-refractivity contribution in [3.05, 3.63) is 20.8 Å². The van der Waals surface area contributed by atoms with Crippen molar-refractivity contribution < 1.29 is 5.11 Å². The molecule has 0 saturated carbocycles. The monoisotopic (exact) mass is 234 g/mol. The van der Waals surface area contributed by atoms with E-state index in [1.54, 1.807) is 11.3 Å². The summed E-state index contributed by atoms with van der Waals surface area (Å²) in [6.45, 7) is 4.02. The average molecular weight is 235 g/mol. The summed E-state index contributed by atoms with van der Waals surface area (Å²) in [5.74, 6) is 0.288. The van der Waals surface area contributed by atoms with Crippen LogP contribution >= 0.6 is 27.3 Å². The third kappa shape index (κ3) is 2.29. The van der Waals surface area contributed by atoms with Gasteiger partial charge in [0.2, 0.25) is 0 Å². The minimum absolute atomic E-state index is 0.288. The summed E-state index contributed by atoms with van der Waals surface area (Å²) in [4.78, 5) is 0. The van der Waals surface area contributed by atoms with Gasteiger partial charge in [-0.25, -0.2) is 0 Å². The van der Waals surface area contributed by atoms with Crippen molar-refractivity contribution in [2.75, 3.05) is 0 Å². The predicted molar refractivity (Wildman–Crippen MR) is 51.8 cm³/mol. The van der Waals surface area contributed by atoms with Crippen LogP contribution < -0.4 is 0 Å². The third-order valence-electron chi connectivity index (χ3n) is 1.56. The number of hydrogen-bond donors (Lipinski definition) is 1. The number of halogens is 1. The fraction of sp³-hybridized carbons (Fsp3) is 0.500. The van der Waals surface area contributed by atoms with E-state index in [2.05, 4.69) is 15.9 Å². The SMILES string of the molecule is CC(C)C(O)c1csc(Br)c1. The van der Waals surface area contributed by atoms with Gasteiger partial charge in [-0.3, -0.25) is 0 Å². The van der Waals surface area contributed by atoms with Gasteiger partial charge < -0.3 is 5.11 Å². The van der Waals surface area contributed by atoms with Crippen molar-refractivity contribution in [2.24, 2.45) is 5.92 Å². The molecule has 0 aromatic carbocycles. The van der Waals surface area contributed by atoms with Crippen molar-refractivity contribution >= 4 is 27.3 Å². The van der Waals surface area contributed by atoms with Crippen molar-refractivity contribution in [1.29, 1.82) is 0 Å². The zero-order chi connectivity index (χ0) is 8.43. The van der Waals surface area contributed by atoms with Gasteiger partial charge in [-0.1, -0.05) is 13.8 Å². The van der Waals surface area contributed by atoms with Gasteiger partial charge in [0.15, 0.2) is 0 Å². The van der Waals surface area contributed by atoms with Crippen molar-refractivity contribution in [2.45, 2.75) is 20.0 Å². The van der Waals surface area contributed by atoms with E-state index in [0.717, 1.165) is 9.35 Å². The van der Waals surface area contributed by atoms with E-state index < -0.39 is 0 Å². The number of rotatable bonds is 2. The molecule has 1 atom stereocenters. The molecule has 62 valence electrons. The Balaban J connectivity index is 2.76. The van der Waals surface area contributed by atoms with Crippen LogP contribution in [0.15, 0.2) is 15.2 Å². The number of aliphatic hydroxyl groups excluding tert-OH is 1. The molecule has 0 bridgehead atoms. The molecule has 1 unspecified atom stereocenters. The third-order valence-corrected chi connectivity index (χ3v) is 3.08. The molecule has 1 aromatic heterocycles. The second kappa shape index (κ2) is 3.70. The summed E-state index contributed by atoms with van der Waals surface area (Å²) in [5.41, 5.74) is 1.01. The van der Waals surface area contributed by atoms with E-state index >= 15 is 0 Å². The van der Waals surface area contributed by atoms with Crippen LogP contribution in [-0.2, 0) is 0 Å². The van der Waals surface area contributed by atoms with E-state index in [-0.39, 0.29) is 12.0 Å². The minimum Gasteiger partial charge on any atom is -0.388 e. The molecule has 1 heterocycles. The topological polar surface area (TPSA) is 20.2 Å². The van der Waals surface area contributed by atoms with E-state index in [9.17, 15) is 5.11 Å². The van der Waals surface area contributed by atoms with Gasteiger partial charge in [0.1, 0.15) is 0 Å². The lowest BCUT2D eigenvalue weighted by Gasteiger charge is -2.11. The number of aliphatic hydroxyl groups is 1. The zero-order valence-electron chi connectivity index (χ0n) is 6.54. The molecule has 0 aliphatic rings. The summed E-state index contributed by atoms with van der Waals surface area (Å²) >= 11 is 4.96. The first-order chi connectivity index (χ1) is 5.11. The summed E-state index contributed by atoms with van der Waals surface area (Å²) < 4.78 is 1.08. The lowest BCUT2D eigenvalue weighted by atomic mass is 10.0. The minimum atomic E-state index is -0.322. The van der Waals surface area contributed by atoms with Gasteiger partial charge in [0, 0.05) is 0 Å². The first kappa shape index (κ1) is 9.23. The Labute approximate surface area is 79.2 Å². The molecule has 0 spiro atoms. The molecule has 0 radical (unpaired) electrons. The quantitative estimate of drug-likeness (QED) is 0.834. The molecule has 0 saturated heterocycles. The van der Waals surface area contributed by atoms with Gasteiger partial charge in [0.05, 0.1) is 9.89 Å². The molecule has 0 amide bonds. The van der Waals surface area contributed by atoms with E-state index in [0.29, 0.717) is 0 Å². The Morgan fingerprint density at radius 3 is 2.55 bits per heavy atom. The standard InChI is InChI=1S/C8H11BrOS/c1-5(2)8(10)6-3-7(9)11-4-6/h3-5,8,10H,1-2H3. The highest BCUT2D eigenvalue weighted by Crippen LogP contribution is 2.28. The lowest BCUT2D eigenvalue weighted by Crippen LogP contribution is -2.03. The van der Waals surface area contributed by atoms with Gasteiger partial charge in [-0.05, 0) is 38.9 Å². The summed E-state index contributed by atoms with van der Waals surface area (Å²) in [7, 11) is 0. The van der Waals surface area contributed by atoms with Crippen molar-refractivity contribution in [3.8, 4) is 0 Å². The molecule has 0 aliphatic heterocycles. The van der Waals surface area contributed by atoms with Gasteiger partial charge in [-0.15, -0.1) is 11.3 Å². The van der Waals surface area contributed by atoms with Gasteiger partial charge >= 0.3 is 0 Å². The Morgan fingerprint density at radius 2 is 2.18 bits per heavy atom. The van der Waals surface area contributed by atoms with Crippen molar-refractivity contribution in [3.63, 3.8) is 0 Å². The average Bonchev–Trinajstić information content (AvgIpc) is 2.34. The number of thiophene rings is 1. The smallest absolute Gasteiger partial charge is 0.0821 e. The molecule has 1 rings (SSSR count). The van der Waals surface area contributed by atoms with Crippen LogP contribution in [0.3, 0.4) is 0 Å². The number of hydrogen-bond acceptors (Lipinski definition) is 2. The van der Waals surface area contributed by atoms with Crippen LogP contribution in [0, 0.1) is 5.92 Å². The van der Waals surface area contributed by atoms with Crippen LogP contribution in [-0.4, -0.2) is 5.11 Å². The fourth-order valence-electron chi connectivity index (χ4n) is 0.863. The first-order valence-corrected chi connectivity index (χ1v) is 5.20. The molecule has 1 N–H and O–H groups in total. The second-order valence-corrected chi connectivity index (χ2v) is 5.16. The molecule has 11 heavy (non-hydrogen) atoms. The molecule has 1 aromatic rings. The molecule has 3 heteroatoms. The summed E-state index contributed by atoms with van der Waals surface area (Å²) in [5, 5.41) is 11.6. The Hall–Kier alpha value is 0.140. The normalized spacial score (nSPS) is 13.9. The molecule has 0 fully saturated rings. The van der Waals surface area contributed by atoms with Crippen molar-refractivity contribution in [1.82, 2.24) is 0 Å². The highest BCUT2D eigenvalue weighted by molar-refractivity contribution is 9.11. The Bertz CT molecular complexity index is 232. The van der Waals surface area contributed by atoms with Crippen LogP contribution in [0.25, 0.3) is 0 Å². The van der Waals surface area contributed by atoms with E-state index in [1.807, 2.05) is 25.3 Å². The molecule has 1 nitrogen and oxygen atoms in total. The van der Waals surface area contributed by atoms with Gasteiger partial charge in [0.25, 0.3) is 0 Å². The first-order valence-electron chi connectivity index (χ1n) is 3.53. The highest BCUT2D eigenvalue weighted by Gasteiger charge is 2.12. The van der Waals surface area contributed by atoms with Gasteiger partial charge in [-0.2, -0.15) is 0 Å². The van der Waals surface area contributed by atoms with Crippen LogP contribution in [0.5, 0.6) is 0 Å². The Kier molecular flexibility index (Phi) is 3.10. The Morgan fingerprint density at radius 1 is 1.55 bits per heavy atom. The molecule has 0 aliphatic carbocycles. The largest absolute Gasteiger partial charge is 0.388 e. The zero-order valence-corrected chi connectivity index (χ0v) is 8.95. The summed E-state index contributed by atoms with van der Waals surface area (Å²) in [6.07, 6.45) is -0.322. The van der Waals surface area contributed by atoms with E-state index in [4.69, 9.17) is 0 Å². The highest BCUT2D eigenvalue weighted by atomic mass is 79.9. The van der Waals surface area contributed by atoms with E-state index in [1.165, 1.54) is 0 Å². The predicted octanol–water partition coefficient (Wildman–Crippen LogP) is 3.20. The maximum absolute atomic E-state index is 9.60. The summed E-state index contributed by atoms with van der Waals surface area (Å²) in [6, 6.07) is 1.97. The van der Waals surface area contributed by atoms with Crippen LogP contribution in [0.2, 0.25) is 0 Å².